The molecular formula is C11H21ClF2N2O. The lowest BCUT2D eigenvalue weighted by Gasteiger charge is -2.28. The number of nitrogens with one attached hydrogen (secondary N) is 1. The van der Waals surface area contributed by atoms with Crippen LogP contribution in [0.1, 0.15) is 19.3 Å². The SMILES string of the molecule is Cl.FC(F)COCCN(C1CC1)C1CCNC1. The summed E-state index contributed by atoms with van der Waals surface area (Å²) in [5.74, 6) is 0. The highest BCUT2D eigenvalue weighted by Crippen LogP contribution is 2.29. The molecule has 2 aliphatic rings. The molecule has 17 heavy (non-hydrogen) atoms. The largest absolute Gasteiger partial charge is 0.374 e. The van der Waals surface area contributed by atoms with Gasteiger partial charge in [-0.25, -0.2) is 8.78 Å². The van der Waals surface area contributed by atoms with Crippen molar-refractivity contribution < 1.29 is 13.5 Å². The van der Waals surface area contributed by atoms with E-state index in [-0.39, 0.29) is 12.4 Å². The van der Waals surface area contributed by atoms with E-state index in [0.29, 0.717) is 18.7 Å². The van der Waals surface area contributed by atoms with E-state index >= 15 is 0 Å². The molecule has 2 rings (SSSR count). The Hall–Kier alpha value is 0.0300. The number of nitrogens with zero attached hydrogens (tertiary/aromatic N) is 1. The van der Waals surface area contributed by atoms with Gasteiger partial charge in [0.05, 0.1) is 6.61 Å². The van der Waals surface area contributed by atoms with Gasteiger partial charge in [-0.05, 0) is 25.8 Å². The molecule has 1 heterocycles. The van der Waals surface area contributed by atoms with E-state index in [1.807, 2.05) is 0 Å². The Morgan fingerprint density at radius 1 is 1.24 bits per heavy atom. The molecule has 0 aromatic heterocycles. The van der Waals surface area contributed by atoms with Crippen LogP contribution in [0.3, 0.4) is 0 Å². The second kappa shape index (κ2) is 7.46. The fourth-order valence-electron chi connectivity index (χ4n) is 2.33. The van der Waals surface area contributed by atoms with Crippen molar-refractivity contribution in [2.75, 3.05) is 32.8 Å². The number of alkyl halides is 2. The van der Waals surface area contributed by atoms with Gasteiger partial charge < -0.3 is 10.1 Å². The minimum Gasteiger partial charge on any atom is -0.374 e. The summed E-state index contributed by atoms with van der Waals surface area (Å²) in [6.45, 7) is 2.90. The number of halogens is 3. The Kier molecular flexibility index (Phi) is 6.62. The molecule has 0 spiro atoms. The zero-order valence-corrected chi connectivity index (χ0v) is 10.7. The van der Waals surface area contributed by atoms with Gasteiger partial charge in [-0.1, -0.05) is 0 Å². The first kappa shape index (κ1) is 15.1. The minimum absolute atomic E-state index is 0. The predicted octanol–water partition coefficient (Wildman–Crippen LogP) is 1.52. The van der Waals surface area contributed by atoms with Gasteiger partial charge in [0, 0.05) is 25.2 Å². The molecule has 0 amide bonds. The van der Waals surface area contributed by atoms with Crippen LogP contribution < -0.4 is 5.32 Å². The molecule has 0 aromatic rings. The molecule has 3 nitrogen and oxygen atoms in total. The maximum absolute atomic E-state index is 11.9. The summed E-state index contributed by atoms with van der Waals surface area (Å²) < 4.78 is 28.7. The van der Waals surface area contributed by atoms with E-state index in [1.54, 1.807) is 0 Å². The zero-order chi connectivity index (χ0) is 11.4. The summed E-state index contributed by atoms with van der Waals surface area (Å²) >= 11 is 0. The Balaban J connectivity index is 0.00000144. The smallest absolute Gasteiger partial charge is 0.261 e. The summed E-state index contributed by atoms with van der Waals surface area (Å²) in [6, 6.07) is 1.27. The van der Waals surface area contributed by atoms with Crippen molar-refractivity contribution in [1.29, 1.82) is 0 Å². The normalized spacial score (nSPS) is 24.4. The third-order valence-electron chi connectivity index (χ3n) is 3.26. The topological polar surface area (TPSA) is 24.5 Å². The molecule has 1 aliphatic heterocycles. The van der Waals surface area contributed by atoms with Gasteiger partial charge in [-0.2, -0.15) is 0 Å². The van der Waals surface area contributed by atoms with Crippen LogP contribution in [-0.4, -0.2) is 56.3 Å². The van der Waals surface area contributed by atoms with Crippen molar-refractivity contribution >= 4 is 12.4 Å². The second-order valence-electron chi connectivity index (χ2n) is 4.58. The first-order valence-electron chi connectivity index (χ1n) is 6.09. The Labute approximate surface area is 107 Å². The predicted molar refractivity (Wildman–Crippen MR) is 65.1 cm³/mol. The summed E-state index contributed by atoms with van der Waals surface area (Å²) in [7, 11) is 0. The standard InChI is InChI=1S/C11H20F2N2O.ClH/c12-11(13)8-16-6-5-15(9-1-2-9)10-3-4-14-7-10;/h9-11,14H,1-8H2;1H. The number of hydrogen-bond donors (Lipinski definition) is 1. The maximum Gasteiger partial charge on any atom is 0.261 e. The van der Waals surface area contributed by atoms with Crippen molar-refractivity contribution in [3.8, 4) is 0 Å². The van der Waals surface area contributed by atoms with Gasteiger partial charge in [-0.15, -0.1) is 12.4 Å². The summed E-state index contributed by atoms with van der Waals surface area (Å²) in [5, 5.41) is 3.34. The molecule has 102 valence electrons. The average Bonchev–Trinajstić information content (AvgIpc) is 2.93. The zero-order valence-electron chi connectivity index (χ0n) is 9.91. The van der Waals surface area contributed by atoms with Crippen LogP contribution in [0.4, 0.5) is 8.78 Å². The average molecular weight is 271 g/mol. The Morgan fingerprint density at radius 3 is 2.53 bits per heavy atom. The molecule has 1 N–H and O–H groups in total. The fraction of sp³-hybridized carbons (Fsp3) is 1.00. The third-order valence-corrected chi connectivity index (χ3v) is 3.26. The lowest BCUT2D eigenvalue weighted by atomic mass is 10.2. The summed E-state index contributed by atoms with van der Waals surface area (Å²) in [4.78, 5) is 2.44. The van der Waals surface area contributed by atoms with Crippen molar-refractivity contribution in [2.24, 2.45) is 0 Å². The molecule has 0 aromatic carbocycles. The quantitative estimate of drug-likeness (QED) is 0.710. The van der Waals surface area contributed by atoms with Crippen molar-refractivity contribution in [3.63, 3.8) is 0 Å². The minimum atomic E-state index is -2.34. The van der Waals surface area contributed by atoms with Gasteiger partial charge in [0.25, 0.3) is 6.43 Å². The van der Waals surface area contributed by atoms with Crippen LogP contribution in [0.2, 0.25) is 0 Å². The molecule has 0 bridgehead atoms. The second-order valence-corrected chi connectivity index (χ2v) is 4.58. The van der Waals surface area contributed by atoms with E-state index in [1.165, 1.54) is 19.3 Å². The summed E-state index contributed by atoms with van der Waals surface area (Å²) in [5.41, 5.74) is 0. The van der Waals surface area contributed by atoms with Crippen LogP contribution in [-0.2, 0) is 4.74 Å². The van der Waals surface area contributed by atoms with E-state index < -0.39 is 13.0 Å². The van der Waals surface area contributed by atoms with Crippen molar-refractivity contribution in [1.82, 2.24) is 10.2 Å². The van der Waals surface area contributed by atoms with Gasteiger partial charge in [0.2, 0.25) is 0 Å². The van der Waals surface area contributed by atoms with Crippen LogP contribution in [0.15, 0.2) is 0 Å². The highest BCUT2D eigenvalue weighted by molar-refractivity contribution is 5.85. The monoisotopic (exact) mass is 270 g/mol. The van der Waals surface area contributed by atoms with Crippen molar-refractivity contribution in [3.05, 3.63) is 0 Å². The lowest BCUT2D eigenvalue weighted by Crippen LogP contribution is -2.40. The highest BCUT2D eigenvalue weighted by Gasteiger charge is 2.34. The number of ether oxygens (including phenoxy) is 1. The Morgan fingerprint density at radius 2 is 2.00 bits per heavy atom. The third kappa shape index (κ3) is 5.04. The van der Waals surface area contributed by atoms with Crippen molar-refractivity contribution in [2.45, 2.75) is 37.8 Å². The van der Waals surface area contributed by atoms with E-state index in [9.17, 15) is 8.78 Å². The van der Waals surface area contributed by atoms with E-state index in [2.05, 4.69) is 10.2 Å². The molecule has 1 atom stereocenters. The number of rotatable bonds is 7. The van der Waals surface area contributed by atoms with Gasteiger partial charge in [0.15, 0.2) is 0 Å². The number of hydrogen-bond acceptors (Lipinski definition) is 3. The summed E-state index contributed by atoms with van der Waals surface area (Å²) in [6.07, 6.45) is 1.34. The molecule has 0 radical (unpaired) electrons. The maximum atomic E-state index is 11.9. The molecule has 1 unspecified atom stereocenters. The van der Waals surface area contributed by atoms with Gasteiger partial charge in [-0.3, -0.25) is 4.90 Å². The molecular weight excluding hydrogens is 250 g/mol. The van der Waals surface area contributed by atoms with E-state index in [0.717, 1.165) is 19.6 Å². The van der Waals surface area contributed by atoms with Crippen LogP contribution in [0.25, 0.3) is 0 Å². The van der Waals surface area contributed by atoms with Gasteiger partial charge >= 0.3 is 0 Å². The van der Waals surface area contributed by atoms with E-state index in [4.69, 9.17) is 4.74 Å². The molecule has 6 heteroatoms. The lowest BCUT2D eigenvalue weighted by molar-refractivity contribution is 0.00560. The molecule has 1 saturated carbocycles. The van der Waals surface area contributed by atoms with Crippen LogP contribution in [0, 0.1) is 0 Å². The van der Waals surface area contributed by atoms with Crippen LogP contribution >= 0.6 is 12.4 Å². The first-order valence-corrected chi connectivity index (χ1v) is 6.09. The molecule has 1 aliphatic carbocycles. The molecule has 2 fully saturated rings. The highest BCUT2D eigenvalue weighted by atomic mass is 35.5. The molecule has 1 saturated heterocycles. The van der Waals surface area contributed by atoms with Crippen LogP contribution in [0.5, 0.6) is 0 Å². The fourth-order valence-corrected chi connectivity index (χ4v) is 2.33. The Bertz CT molecular complexity index is 212. The first-order chi connectivity index (χ1) is 7.77. The van der Waals surface area contributed by atoms with Gasteiger partial charge in [0.1, 0.15) is 6.61 Å².